The Kier molecular flexibility index (Phi) is 6.27. The van der Waals surface area contributed by atoms with Gasteiger partial charge in [-0.1, -0.05) is 54.1 Å². The van der Waals surface area contributed by atoms with E-state index in [1.807, 2.05) is 69.3 Å². The molecule has 0 spiro atoms. The average molecular weight is 482 g/mol. The van der Waals surface area contributed by atoms with Crippen LogP contribution in [0.4, 0.5) is 10.2 Å². The lowest BCUT2D eigenvalue weighted by Crippen LogP contribution is -2.45. The summed E-state index contributed by atoms with van der Waals surface area (Å²) in [5.41, 5.74) is 4.89. The standard InChI is InChI=1S/C30H28FN3O2/c1-4-33-29-27(20(3)32-34(29)24-11-6-5-7-12-24)28(21-13-15-23(31)16-14-21)25(30(33)36)18-26(35)22-10-8-9-19(2)17-22/h5-17,25,28H,4,18H2,1-3H3/t25-,28+/m0/s1. The number of hydrogen-bond donors (Lipinski definition) is 0. The van der Waals surface area contributed by atoms with Gasteiger partial charge in [0.25, 0.3) is 0 Å². The van der Waals surface area contributed by atoms with Crippen molar-refractivity contribution < 1.29 is 14.0 Å². The van der Waals surface area contributed by atoms with E-state index in [0.717, 1.165) is 28.1 Å². The molecule has 0 radical (unpaired) electrons. The molecule has 5 nitrogen and oxygen atoms in total. The van der Waals surface area contributed by atoms with Crippen LogP contribution < -0.4 is 4.90 Å². The maximum absolute atomic E-state index is 14.1. The molecule has 1 aliphatic heterocycles. The summed E-state index contributed by atoms with van der Waals surface area (Å²) in [7, 11) is 0. The number of carbonyl (C=O) groups is 2. The monoisotopic (exact) mass is 481 g/mol. The first-order chi connectivity index (χ1) is 17.4. The highest BCUT2D eigenvalue weighted by Crippen LogP contribution is 2.47. The number of amides is 1. The highest BCUT2D eigenvalue weighted by molar-refractivity contribution is 6.04. The van der Waals surface area contributed by atoms with Gasteiger partial charge in [0.05, 0.1) is 17.3 Å². The fourth-order valence-electron chi connectivity index (χ4n) is 5.26. The SMILES string of the molecule is CCN1C(=O)[C@@H](CC(=O)c2cccc(C)c2)[C@@H](c2ccc(F)cc2)c2c(C)nn(-c3ccccc3)c21. The number of Topliss-reactive ketones (excluding diaryl/α,β-unsaturated/α-hetero) is 1. The van der Waals surface area contributed by atoms with E-state index in [9.17, 15) is 14.0 Å². The number of halogens is 1. The molecule has 0 N–H and O–H groups in total. The van der Waals surface area contributed by atoms with Crippen LogP contribution in [0.2, 0.25) is 0 Å². The third-order valence-electron chi connectivity index (χ3n) is 6.93. The lowest BCUT2D eigenvalue weighted by molar-refractivity contribution is -0.123. The van der Waals surface area contributed by atoms with Crippen molar-refractivity contribution in [2.24, 2.45) is 5.92 Å². The molecule has 4 aromatic rings. The van der Waals surface area contributed by atoms with E-state index in [1.54, 1.807) is 27.8 Å². The number of benzene rings is 3. The lowest BCUT2D eigenvalue weighted by Gasteiger charge is -2.38. The lowest BCUT2D eigenvalue weighted by atomic mass is 9.74. The molecule has 0 bridgehead atoms. The Labute approximate surface area is 210 Å². The quantitative estimate of drug-likeness (QED) is 0.317. The van der Waals surface area contributed by atoms with E-state index in [4.69, 9.17) is 5.10 Å². The normalized spacial score (nSPS) is 17.2. The van der Waals surface area contributed by atoms with Crippen LogP contribution in [0, 0.1) is 25.6 Å². The summed E-state index contributed by atoms with van der Waals surface area (Å²) in [6.07, 6.45) is 0.0518. The molecule has 6 heteroatoms. The number of nitrogens with zero attached hydrogens (tertiary/aromatic N) is 3. The molecule has 0 saturated carbocycles. The van der Waals surface area contributed by atoms with Gasteiger partial charge in [-0.25, -0.2) is 9.07 Å². The number of anilines is 1. The molecule has 0 fully saturated rings. The second-order valence-corrected chi connectivity index (χ2v) is 9.29. The zero-order chi connectivity index (χ0) is 25.4. The summed E-state index contributed by atoms with van der Waals surface area (Å²) in [5, 5.41) is 4.84. The van der Waals surface area contributed by atoms with Crippen molar-refractivity contribution in [1.29, 1.82) is 0 Å². The minimum absolute atomic E-state index is 0.0518. The van der Waals surface area contributed by atoms with Crippen molar-refractivity contribution in [3.05, 3.63) is 113 Å². The van der Waals surface area contributed by atoms with Gasteiger partial charge in [0.15, 0.2) is 5.78 Å². The molecule has 0 unspecified atom stereocenters. The predicted octanol–water partition coefficient (Wildman–Crippen LogP) is 6.02. The van der Waals surface area contributed by atoms with Crippen molar-refractivity contribution in [3.63, 3.8) is 0 Å². The topological polar surface area (TPSA) is 55.2 Å². The van der Waals surface area contributed by atoms with Crippen LogP contribution in [0.1, 0.15) is 52.0 Å². The van der Waals surface area contributed by atoms with Crippen LogP contribution in [0.5, 0.6) is 0 Å². The Morgan fingerprint density at radius 2 is 1.69 bits per heavy atom. The smallest absolute Gasteiger partial charge is 0.232 e. The molecule has 1 amide bonds. The maximum atomic E-state index is 14.1. The summed E-state index contributed by atoms with van der Waals surface area (Å²) in [4.78, 5) is 29.2. The number of aryl methyl sites for hydroxylation is 2. The van der Waals surface area contributed by atoms with Crippen LogP contribution in [-0.2, 0) is 4.79 Å². The van der Waals surface area contributed by atoms with Crippen molar-refractivity contribution in [1.82, 2.24) is 9.78 Å². The van der Waals surface area contributed by atoms with E-state index >= 15 is 0 Å². The summed E-state index contributed by atoms with van der Waals surface area (Å²) < 4.78 is 15.7. The molecular formula is C30H28FN3O2. The average Bonchev–Trinajstić information content (AvgIpc) is 3.22. The maximum Gasteiger partial charge on any atom is 0.232 e. The zero-order valence-corrected chi connectivity index (χ0v) is 20.6. The Balaban J connectivity index is 1.68. The van der Waals surface area contributed by atoms with Gasteiger partial charge in [-0.05, 0) is 56.7 Å². The van der Waals surface area contributed by atoms with Crippen LogP contribution in [0.25, 0.3) is 5.69 Å². The molecule has 0 saturated heterocycles. The molecule has 0 aliphatic carbocycles. The largest absolute Gasteiger partial charge is 0.296 e. The molecule has 36 heavy (non-hydrogen) atoms. The summed E-state index contributed by atoms with van der Waals surface area (Å²) in [5.74, 6) is -0.917. The minimum Gasteiger partial charge on any atom is -0.296 e. The minimum atomic E-state index is -0.636. The highest BCUT2D eigenvalue weighted by atomic mass is 19.1. The molecular weight excluding hydrogens is 453 g/mol. The van der Waals surface area contributed by atoms with Gasteiger partial charge in [-0.2, -0.15) is 5.10 Å². The van der Waals surface area contributed by atoms with Gasteiger partial charge in [-0.3, -0.25) is 14.5 Å². The van der Waals surface area contributed by atoms with Gasteiger partial charge in [0.1, 0.15) is 11.6 Å². The number of ketones is 1. The summed E-state index contributed by atoms with van der Waals surface area (Å²) in [6, 6.07) is 23.4. The number of para-hydroxylation sites is 1. The summed E-state index contributed by atoms with van der Waals surface area (Å²) in [6.45, 7) is 6.24. The van der Waals surface area contributed by atoms with Crippen molar-refractivity contribution in [2.75, 3.05) is 11.4 Å². The number of hydrogen-bond acceptors (Lipinski definition) is 3. The van der Waals surface area contributed by atoms with Crippen molar-refractivity contribution in [3.8, 4) is 5.69 Å². The van der Waals surface area contributed by atoms with Gasteiger partial charge >= 0.3 is 0 Å². The van der Waals surface area contributed by atoms with Gasteiger partial charge in [-0.15, -0.1) is 0 Å². The Hall–Kier alpha value is -4.06. The molecule has 1 aromatic heterocycles. The Morgan fingerprint density at radius 1 is 0.972 bits per heavy atom. The van der Waals surface area contributed by atoms with E-state index in [2.05, 4.69) is 0 Å². The number of carbonyl (C=O) groups excluding carboxylic acids is 2. The number of aromatic nitrogens is 2. The highest BCUT2D eigenvalue weighted by Gasteiger charge is 2.45. The van der Waals surface area contributed by atoms with E-state index in [1.165, 1.54) is 12.1 Å². The molecule has 1 aliphatic rings. The summed E-state index contributed by atoms with van der Waals surface area (Å²) >= 11 is 0. The second-order valence-electron chi connectivity index (χ2n) is 9.29. The van der Waals surface area contributed by atoms with Crippen LogP contribution in [0.15, 0.2) is 78.9 Å². The molecule has 182 valence electrons. The first-order valence-electron chi connectivity index (χ1n) is 12.2. The first kappa shape index (κ1) is 23.7. The van der Waals surface area contributed by atoms with E-state index in [0.29, 0.717) is 17.9 Å². The fraction of sp³-hybridized carbons (Fsp3) is 0.233. The van der Waals surface area contributed by atoms with Crippen LogP contribution in [-0.4, -0.2) is 28.0 Å². The van der Waals surface area contributed by atoms with Crippen molar-refractivity contribution in [2.45, 2.75) is 33.1 Å². The van der Waals surface area contributed by atoms with Crippen LogP contribution in [0.3, 0.4) is 0 Å². The van der Waals surface area contributed by atoms with Crippen LogP contribution >= 0.6 is 0 Å². The first-order valence-corrected chi connectivity index (χ1v) is 12.2. The second kappa shape index (κ2) is 9.53. The van der Waals surface area contributed by atoms with Gasteiger partial charge < -0.3 is 0 Å². The zero-order valence-electron chi connectivity index (χ0n) is 20.6. The molecule has 5 rings (SSSR count). The van der Waals surface area contributed by atoms with Gasteiger partial charge in [0, 0.05) is 30.0 Å². The third-order valence-corrected chi connectivity index (χ3v) is 6.93. The number of fused-ring (bicyclic) bond motifs is 1. The fourth-order valence-corrected chi connectivity index (χ4v) is 5.26. The van der Waals surface area contributed by atoms with E-state index < -0.39 is 11.8 Å². The number of rotatable bonds is 6. The molecule has 3 aromatic carbocycles. The molecule has 2 atom stereocenters. The van der Waals surface area contributed by atoms with E-state index in [-0.39, 0.29) is 23.9 Å². The van der Waals surface area contributed by atoms with Crippen molar-refractivity contribution >= 4 is 17.5 Å². The Morgan fingerprint density at radius 3 is 2.36 bits per heavy atom. The predicted molar refractivity (Wildman–Crippen MR) is 138 cm³/mol. The third kappa shape index (κ3) is 4.13. The van der Waals surface area contributed by atoms with Gasteiger partial charge in [0.2, 0.25) is 5.91 Å². The molecule has 2 heterocycles. The Bertz CT molecular complexity index is 1430.